The molecule has 1 fully saturated rings. The number of halogens is 6. The van der Waals surface area contributed by atoms with Gasteiger partial charge in [-0.25, -0.2) is 0 Å². The summed E-state index contributed by atoms with van der Waals surface area (Å²) >= 11 is 16.3. The number of nitrogens with one attached hydrogen (secondary N) is 1. The maximum Gasteiger partial charge on any atom is 0.416 e. The van der Waals surface area contributed by atoms with E-state index in [2.05, 4.69) is 21.2 Å². The average Bonchev–Trinajstić information content (AvgIpc) is 3.17. The lowest BCUT2D eigenvalue weighted by Gasteiger charge is -2.15. The second kappa shape index (κ2) is 13.4. The number of ether oxygens (including phenoxy) is 2. The Bertz CT molecular complexity index is 1590. The van der Waals surface area contributed by atoms with E-state index in [4.69, 9.17) is 32.7 Å². The number of nitrogens with zero attached hydrogens (tertiary/aromatic N) is 1. The van der Waals surface area contributed by atoms with Gasteiger partial charge in [-0.15, -0.1) is 0 Å². The number of amides is 3. The first-order chi connectivity index (χ1) is 19.8. The molecule has 14 heteroatoms. The number of rotatable bonds is 9. The van der Waals surface area contributed by atoms with Crippen molar-refractivity contribution in [3.05, 3.63) is 90.7 Å². The molecule has 1 aliphatic heterocycles. The van der Waals surface area contributed by atoms with Gasteiger partial charge in [0, 0.05) is 25.8 Å². The van der Waals surface area contributed by atoms with E-state index in [0.29, 0.717) is 60.4 Å². The highest BCUT2D eigenvalue weighted by Crippen LogP contribution is 2.39. The minimum absolute atomic E-state index is 0.0385. The van der Waals surface area contributed by atoms with Crippen LogP contribution in [0.2, 0.25) is 10.0 Å². The summed E-state index contributed by atoms with van der Waals surface area (Å²) in [6, 6.07) is 12.3. The van der Waals surface area contributed by atoms with E-state index in [1.807, 2.05) is 0 Å². The number of thioether (sulfide) groups is 1. The number of alkyl halides is 3. The van der Waals surface area contributed by atoms with Gasteiger partial charge in [-0.05, 0) is 72.8 Å². The fraction of sp³-hybridized carbons (Fsp3) is 0.179. The molecule has 3 aromatic rings. The number of anilines is 1. The summed E-state index contributed by atoms with van der Waals surface area (Å²) in [5.41, 5.74) is 0.130. The SMILES string of the molecule is CCOc1cc(/C=C2\SC(=O)N(CC(=O)Nc3cccc(C(F)(F)F)c3)C2=O)c(Br)cc1OCc1ccc(Cl)cc1Cl. The number of carbonyl (C=O) groups is 3. The molecule has 1 N–H and O–H groups in total. The van der Waals surface area contributed by atoms with E-state index in [1.54, 1.807) is 37.3 Å². The zero-order chi connectivity index (χ0) is 30.6. The van der Waals surface area contributed by atoms with Gasteiger partial charge in [0.2, 0.25) is 5.91 Å². The van der Waals surface area contributed by atoms with Crippen LogP contribution in [0.15, 0.2) is 64.0 Å². The maximum absolute atomic E-state index is 13.0. The Hall–Kier alpha value is -3.19. The van der Waals surface area contributed by atoms with Gasteiger partial charge in [-0.2, -0.15) is 13.2 Å². The highest BCUT2D eigenvalue weighted by atomic mass is 79.9. The molecule has 0 spiro atoms. The molecule has 220 valence electrons. The molecule has 0 saturated carbocycles. The summed E-state index contributed by atoms with van der Waals surface area (Å²) in [6.07, 6.45) is -3.13. The molecule has 0 aliphatic carbocycles. The van der Waals surface area contributed by atoms with Crippen molar-refractivity contribution >= 4 is 79.7 Å². The van der Waals surface area contributed by atoms with Crippen molar-refractivity contribution in [3.8, 4) is 11.5 Å². The van der Waals surface area contributed by atoms with Crippen LogP contribution >= 0.6 is 50.9 Å². The van der Waals surface area contributed by atoms with Gasteiger partial charge in [0.1, 0.15) is 13.2 Å². The highest BCUT2D eigenvalue weighted by molar-refractivity contribution is 9.10. The number of imide groups is 1. The Morgan fingerprint density at radius 1 is 1.07 bits per heavy atom. The third kappa shape index (κ3) is 7.80. The van der Waals surface area contributed by atoms with Crippen LogP contribution in [0.3, 0.4) is 0 Å². The van der Waals surface area contributed by atoms with Gasteiger partial charge in [0.05, 0.1) is 17.1 Å². The van der Waals surface area contributed by atoms with Crippen LogP contribution in [0.1, 0.15) is 23.6 Å². The van der Waals surface area contributed by atoms with Gasteiger partial charge in [0.15, 0.2) is 11.5 Å². The van der Waals surface area contributed by atoms with Crippen LogP contribution in [-0.2, 0) is 22.4 Å². The average molecular weight is 704 g/mol. The summed E-state index contributed by atoms with van der Waals surface area (Å²) in [5.74, 6) is -0.797. The normalized spacial score (nSPS) is 14.5. The number of hydrogen-bond acceptors (Lipinski definition) is 6. The summed E-state index contributed by atoms with van der Waals surface area (Å²) in [4.78, 5) is 38.8. The predicted octanol–water partition coefficient (Wildman–Crippen LogP) is 8.43. The minimum atomic E-state index is -4.59. The van der Waals surface area contributed by atoms with Crippen molar-refractivity contribution in [2.24, 2.45) is 0 Å². The van der Waals surface area contributed by atoms with Gasteiger partial charge >= 0.3 is 6.18 Å². The summed E-state index contributed by atoms with van der Waals surface area (Å²) in [6.45, 7) is 1.56. The maximum atomic E-state index is 13.0. The van der Waals surface area contributed by atoms with E-state index < -0.39 is 35.3 Å². The Kier molecular flexibility index (Phi) is 10.1. The lowest BCUT2D eigenvalue weighted by molar-refractivity contribution is -0.137. The smallest absolute Gasteiger partial charge is 0.416 e. The lowest BCUT2D eigenvalue weighted by atomic mass is 10.1. The van der Waals surface area contributed by atoms with Crippen molar-refractivity contribution in [1.29, 1.82) is 0 Å². The van der Waals surface area contributed by atoms with Crippen molar-refractivity contribution in [2.75, 3.05) is 18.5 Å². The zero-order valence-electron chi connectivity index (χ0n) is 21.6. The van der Waals surface area contributed by atoms with E-state index in [9.17, 15) is 27.6 Å². The Morgan fingerprint density at radius 3 is 2.50 bits per heavy atom. The third-order valence-corrected chi connectivity index (χ3v) is 7.88. The zero-order valence-corrected chi connectivity index (χ0v) is 25.5. The Labute approximate surface area is 261 Å². The van der Waals surface area contributed by atoms with Gasteiger partial charge in [0.25, 0.3) is 11.1 Å². The topological polar surface area (TPSA) is 84.9 Å². The molecule has 1 saturated heterocycles. The number of carbonyl (C=O) groups excluding carboxylic acids is 3. The quantitative estimate of drug-likeness (QED) is 0.225. The van der Waals surface area contributed by atoms with Crippen LogP contribution in [0, 0.1) is 0 Å². The standard InChI is InChI=1S/C28H20BrCl2F3N2O5S/c1-2-40-22-8-16(20(29)12-23(22)41-14-15-6-7-18(30)11-21(15)31)9-24-26(38)36(27(39)42-24)13-25(37)35-19-5-3-4-17(10-19)28(32,33)34/h3-12H,2,13-14H2,1H3,(H,35,37)/b24-9-. The molecule has 4 rings (SSSR count). The van der Waals surface area contributed by atoms with E-state index in [1.165, 1.54) is 12.1 Å². The first kappa shape index (κ1) is 31.7. The summed E-state index contributed by atoms with van der Waals surface area (Å²) in [5, 5.41) is 2.52. The number of hydrogen-bond donors (Lipinski definition) is 1. The monoisotopic (exact) mass is 702 g/mol. The van der Waals surface area contributed by atoms with Crippen LogP contribution in [-0.4, -0.2) is 35.1 Å². The first-order valence-corrected chi connectivity index (χ1v) is 14.5. The molecular weight excluding hydrogens is 684 g/mol. The number of benzene rings is 3. The third-order valence-electron chi connectivity index (χ3n) is 5.70. The van der Waals surface area contributed by atoms with E-state index in [-0.39, 0.29) is 17.2 Å². The summed E-state index contributed by atoms with van der Waals surface area (Å²) < 4.78 is 51.1. The molecule has 7 nitrogen and oxygen atoms in total. The summed E-state index contributed by atoms with van der Waals surface area (Å²) in [7, 11) is 0. The van der Waals surface area contributed by atoms with Crippen molar-refractivity contribution in [1.82, 2.24) is 4.90 Å². The molecule has 3 amide bonds. The first-order valence-electron chi connectivity index (χ1n) is 12.1. The van der Waals surface area contributed by atoms with Gasteiger partial charge in [-0.1, -0.05) is 51.3 Å². The van der Waals surface area contributed by atoms with Gasteiger partial charge < -0.3 is 14.8 Å². The molecule has 1 aliphatic rings. The van der Waals surface area contributed by atoms with Gasteiger partial charge in [-0.3, -0.25) is 19.3 Å². The van der Waals surface area contributed by atoms with E-state index in [0.717, 1.165) is 18.2 Å². The molecule has 0 unspecified atom stereocenters. The Morgan fingerprint density at radius 2 is 1.81 bits per heavy atom. The van der Waals surface area contributed by atoms with Crippen LogP contribution in [0.25, 0.3) is 6.08 Å². The Balaban J connectivity index is 1.48. The van der Waals surface area contributed by atoms with E-state index >= 15 is 0 Å². The molecule has 0 aromatic heterocycles. The molecule has 0 atom stereocenters. The molecule has 0 radical (unpaired) electrons. The second-order valence-electron chi connectivity index (χ2n) is 8.67. The lowest BCUT2D eigenvalue weighted by Crippen LogP contribution is -2.36. The molecule has 3 aromatic carbocycles. The molecule has 42 heavy (non-hydrogen) atoms. The highest BCUT2D eigenvalue weighted by Gasteiger charge is 2.37. The van der Waals surface area contributed by atoms with Crippen LogP contribution in [0.4, 0.5) is 23.7 Å². The minimum Gasteiger partial charge on any atom is -0.490 e. The van der Waals surface area contributed by atoms with Crippen molar-refractivity contribution in [3.63, 3.8) is 0 Å². The van der Waals surface area contributed by atoms with Crippen LogP contribution in [0.5, 0.6) is 11.5 Å². The fourth-order valence-corrected chi connectivity index (χ4v) is 5.46. The molecule has 1 heterocycles. The molecule has 0 bridgehead atoms. The molecular formula is C28H20BrCl2F3N2O5S. The van der Waals surface area contributed by atoms with Crippen molar-refractivity contribution < 1.29 is 37.0 Å². The second-order valence-corrected chi connectivity index (χ2v) is 11.4. The van der Waals surface area contributed by atoms with Crippen LogP contribution < -0.4 is 14.8 Å². The fourth-order valence-electron chi connectivity index (χ4n) is 3.73. The van der Waals surface area contributed by atoms with Crippen molar-refractivity contribution in [2.45, 2.75) is 19.7 Å². The predicted molar refractivity (Wildman–Crippen MR) is 159 cm³/mol. The largest absolute Gasteiger partial charge is 0.490 e.